The Hall–Kier alpha value is -5.11. The number of esters is 1. The lowest BCUT2D eigenvalue weighted by atomic mass is 9.83. The van der Waals surface area contributed by atoms with E-state index in [0.717, 1.165) is 75.6 Å². The van der Waals surface area contributed by atoms with E-state index in [1.807, 2.05) is 37.7 Å². The minimum absolute atomic E-state index is 0. The van der Waals surface area contributed by atoms with Crippen LogP contribution in [0.15, 0.2) is 12.1 Å². The Morgan fingerprint density at radius 1 is 0.712 bits per heavy atom. The molecule has 4 aromatic heterocycles. The van der Waals surface area contributed by atoms with Gasteiger partial charge in [0.15, 0.2) is 34.9 Å². The van der Waals surface area contributed by atoms with Crippen molar-refractivity contribution < 1.29 is 40.3 Å². The average molecular weight is 1060 g/mol. The van der Waals surface area contributed by atoms with Gasteiger partial charge in [-0.2, -0.15) is 28.8 Å². The highest BCUT2D eigenvalue weighted by molar-refractivity contribution is 7.89. The van der Waals surface area contributed by atoms with Gasteiger partial charge in [0.1, 0.15) is 18.0 Å². The third-order valence-corrected chi connectivity index (χ3v) is 18.3. The second-order valence-electron chi connectivity index (χ2n) is 19.4. The molecule has 0 radical (unpaired) electrons. The van der Waals surface area contributed by atoms with Crippen LogP contribution < -0.4 is 20.4 Å². The molecule has 73 heavy (non-hydrogen) atoms. The number of rotatable bonds is 20. The maximum atomic E-state index is 15.6. The summed E-state index contributed by atoms with van der Waals surface area (Å²) >= 11 is 0. The van der Waals surface area contributed by atoms with E-state index in [1.165, 1.54) is 0 Å². The zero-order valence-electron chi connectivity index (χ0n) is 42.5. The number of anilines is 6. The number of H-pyrrole nitrogens is 2. The summed E-state index contributed by atoms with van der Waals surface area (Å²) in [6.07, 6.45) is 12.0. The van der Waals surface area contributed by atoms with Crippen molar-refractivity contribution in [3.05, 3.63) is 46.5 Å². The number of hydrogen-bond donors (Lipinski definition) is 5. The number of halogens is 2. The Kier molecular flexibility index (Phi) is 19.5. The molecule has 0 aromatic carbocycles. The fourth-order valence-electron chi connectivity index (χ4n) is 10.6. The molecule has 8 rings (SSSR count). The van der Waals surface area contributed by atoms with Gasteiger partial charge in [-0.1, -0.05) is 46.5 Å². The summed E-state index contributed by atoms with van der Waals surface area (Å²) in [4.78, 5) is 33.7. The van der Waals surface area contributed by atoms with Crippen LogP contribution in [0.5, 0.6) is 0 Å². The lowest BCUT2D eigenvalue weighted by Gasteiger charge is -2.49. The predicted molar refractivity (Wildman–Crippen MR) is 277 cm³/mol. The molecule has 406 valence electrons. The van der Waals surface area contributed by atoms with E-state index in [2.05, 4.69) is 57.9 Å². The maximum absolute atomic E-state index is 15.6. The van der Waals surface area contributed by atoms with Crippen molar-refractivity contribution in [1.29, 1.82) is 0 Å². The number of aliphatic hydroxyl groups excluding tert-OH is 1. The molecule has 21 nitrogen and oxygen atoms in total. The Bertz CT molecular complexity index is 2680. The second kappa shape index (κ2) is 24.9. The van der Waals surface area contributed by atoms with E-state index in [0.29, 0.717) is 37.3 Å². The van der Waals surface area contributed by atoms with Crippen LogP contribution >= 0.6 is 0 Å². The first-order valence-electron chi connectivity index (χ1n) is 25.3. The van der Waals surface area contributed by atoms with Crippen LogP contribution in [0.3, 0.4) is 0 Å². The summed E-state index contributed by atoms with van der Waals surface area (Å²) in [5.74, 6) is -0.414. The van der Waals surface area contributed by atoms with Crippen LogP contribution in [0.4, 0.5) is 43.9 Å². The van der Waals surface area contributed by atoms with Crippen molar-refractivity contribution in [2.45, 2.75) is 188 Å². The molecule has 25 heteroatoms. The number of aryl methyl sites for hydroxylation is 2. The Balaban J connectivity index is 0.000000240. The molecule has 8 heterocycles. The van der Waals surface area contributed by atoms with E-state index < -0.39 is 44.3 Å². The van der Waals surface area contributed by atoms with Gasteiger partial charge >= 0.3 is 5.97 Å². The molecule has 4 saturated heterocycles. The molecule has 0 amide bonds. The molecule has 5 N–H and O–H groups in total. The first-order chi connectivity index (χ1) is 34.4. The minimum atomic E-state index is -3.31. The molecule has 4 fully saturated rings. The van der Waals surface area contributed by atoms with E-state index in [1.54, 1.807) is 34.6 Å². The van der Waals surface area contributed by atoms with E-state index in [9.17, 15) is 31.1 Å². The van der Waals surface area contributed by atoms with Crippen LogP contribution in [-0.2, 0) is 42.8 Å². The van der Waals surface area contributed by atoms with E-state index >= 15 is 4.39 Å². The van der Waals surface area contributed by atoms with Gasteiger partial charge in [0.2, 0.25) is 31.9 Å². The number of nitrogens with zero attached hydrogens (tertiary/aromatic N) is 10. The summed E-state index contributed by atoms with van der Waals surface area (Å²) in [5.41, 5.74) is 1.47. The van der Waals surface area contributed by atoms with Gasteiger partial charge in [0.05, 0.1) is 18.1 Å². The molecule has 0 saturated carbocycles. The van der Waals surface area contributed by atoms with Gasteiger partial charge in [-0.3, -0.25) is 15.0 Å². The number of hydrogen-bond acceptors (Lipinski definition) is 17. The molecule has 6 atom stereocenters. The molecule has 4 aliphatic rings. The highest BCUT2D eigenvalue weighted by Crippen LogP contribution is 2.40. The van der Waals surface area contributed by atoms with Crippen LogP contribution in [-0.4, -0.2) is 139 Å². The van der Waals surface area contributed by atoms with Gasteiger partial charge < -0.3 is 30.3 Å². The summed E-state index contributed by atoms with van der Waals surface area (Å²) in [6.45, 7) is 8.25. The van der Waals surface area contributed by atoms with Crippen LogP contribution in [0, 0.1) is 25.5 Å². The molecule has 4 aromatic rings. The van der Waals surface area contributed by atoms with Crippen molar-refractivity contribution in [1.82, 2.24) is 48.9 Å². The third kappa shape index (κ3) is 13.6. The molecular formula is C48H76F2N14O7S2. The van der Waals surface area contributed by atoms with Gasteiger partial charge in [-0.25, -0.2) is 35.6 Å². The van der Waals surface area contributed by atoms with Gasteiger partial charge in [-0.15, -0.1) is 0 Å². The number of ether oxygens (including phenoxy) is 1. The minimum Gasteiger partial charge on any atom is -0.459 e. The molecule has 4 aliphatic heterocycles. The average Bonchev–Trinajstić information content (AvgIpc) is 3.98. The number of carbonyl (C=O) groups excluding carboxylic acids is 1. The monoisotopic (exact) mass is 1060 g/mol. The van der Waals surface area contributed by atoms with Crippen molar-refractivity contribution in [3.63, 3.8) is 0 Å². The number of piperidine rings is 4. The molecule has 2 unspecified atom stereocenters. The number of aromatic amines is 2. The summed E-state index contributed by atoms with van der Waals surface area (Å²) < 4.78 is 90.1. The Labute approximate surface area is 429 Å². The van der Waals surface area contributed by atoms with Gasteiger partial charge in [0.25, 0.3) is 0 Å². The van der Waals surface area contributed by atoms with E-state index in [4.69, 9.17) is 4.74 Å². The maximum Gasteiger partial charge on any atom is 0.306 e. The number of fused-ring (bicyclic) bond motifs is 4. The highest BCUT2D eigenvalue weighted by Gasteiger charge is 2.46. The fourth-order valence-corrected chi connectivity index (χ4v) is 13.7. The summed E-state index contributed by atoms with van der Waals surface area (Å²) in [7, 11) is -2.89. The van der Waals surface area contributed by atoms with Crippen molar-refractivity contribution in [2.75, 3.05) is 46.0 Å². The van der Waals surface area contributed by atoms with Crippen LogP contribution in [0.2, 0.25) is 0 Å². The van der Waals surface area contributed by atoms with Crippen LogP contribution in [0.1, 0.15) is 147 Å². The number of nitrogens with one attached hydrogen (secondary N) is 4. The number of aromatic nitrogens is 8. The number of aliphatic hydroxyl groups is 1. The topological polar surface area (TPSA) is 261 Å². The Morgan fingerprint density at radius 2 is 1.14 bits per heavy atom. The van der Waals surface area contributed by atoms with Crippen LogP contribution in [0.25, 0.3) is 0 Å². The zero-order chi connectivity index (χ0) is 51.9. The molecule has 4 bridgehead atoms. The smallest absolute Gasteiger partial charge is 0.306 e. The molecule has 0 spiro atoms. The number of carbonyl (C=O) groups is 1. The Morgan fingerprint density at radius 3 is 1.52 bits per heavy atom. The first kappa shape index (κ1) is 57.2. The number of unbranched alkanes of at least 4 members (excludes halogenated alkanes) is 3. The number of sulfonamides is 2. The van der Waals surface area contributed by atoms with Gasteiger partial charge in [0, 0.05) is 80.3 Å². The normalized spacial score (nSPS) is 22.1. The highest BCUT2D eigenvalue weighted by atomic mass is 32.2. The molecule has 0 aliphatic carbocycles. The lowest BCUT2D eigenvalue weighted by Crippen LogP contribution is -2.58. The largest absolute Gasteiger partial charge is 0.459 e. The lowest BCUT2D eigenvalue weighted by molar-refractivity contribution is -0.145. The fraction of sp³-hybridized carbons (Fsp3) is 0.688. The summed E-state index contributed by atoms with van der Waals surface area (Å²) in [5, 5.41) is 29.2. The molecular weight excluding hydrogens is 987 g/mol. The standard InChI is InChI=1S/C27H42FN7O4S.C20H30FN7O3S.CH4/c1-5-7-8-9-13-24(36)39-17-22-25(28)26(30-23-14-18(3)32-33-23)31-27(29-22)34(4)21-15-19-11-10-12-20(16-21)35(19)40(37,38)6-2;1-4-32(30,31)28-13-6-5-7-14(28)10-15(9-13)27(3)20-22-16(11-29)18(21)19(24-20)23-17-8-12(2)25-26-17;/h14,19-21H,5-13,15-17H2,1-4H3,(H2,29,30,31,32,33);8,13-15,29H,4-7,9-11H2,1-3H3,(H2,22,23,24,25,26);1H4/t19-,20+,21?;13-,14+,15?;. The van der Waals surface area contributed by atoms with E-state index in [-0.39, 0.29) is 103 Å². The van der Waals surface area contributed by atoms with Crippen molar-refractivity contribution in [3.8, 4) is 0 Å². The van der Waals surface area contributed by atoms with Crippen molar-refractivity contribution in [2.24, 2.45) is 0 Å². The SMILES string of the molecule is C.CCCCCCC(=O)OCc1nc(N(C)C2C[C@H]3CCC[C@@H](C2)N3S(=O)(=O)CC)nc(Nc2cc(C)[nH]n2)c1F.CCS(=O)(=O)N1[C@@H]2CCC[C@H]1CC(N(C)c1nc(CO)c(F)c(Nc3cc(C)[nH]n3)n1)C2. The predicted octanol–water partition coefficient (Wildman–Crippen LogP) is 7.27. The zero-order valence-corrected chi connectivity index (χ0v) is 44.1. The second-order valence-corrected chi connectivity index (χ2v) is 23.8. The first-order valence-corrected chi connectivity index (χ1v) is 28.5. The quantitative estimate of drug-likeness (QED) is 0.0431. The van der Waals surface area contributed by atoms with Gasteiger partial charge in [-0.05, 0) is 85.5 Å². The van der Waals surface area contributed by atoms with Crippen molar-refractivity contribution >= 4 is 61.2 Å². The summed E-state index contributed by atoms with van der Waals surface area (Å²) in [6, 6.07) is 3.15. The third-order valence-electron chi connectivity index (χ3n) is 14.3.